The molecule has 0 amide bonds. The van der Waals surface area contributed by atoms with Crippen LogP contribution < -0.4 is 5.73 Å². The number of rotatable bonds is 38. The summed E-state index contributed by atoms with van der Waals surface area (Å²) >= 11 is 0. The number of carboxylic acids is 1. The zero-order chi connectivity index (χ0) is 37.1. The minimum atomic E-state index is -4.70. The van der Waals surface area contributed by atoms with Crippen molar-refractivity contribution in [1.29, 1.82) is 0 Å². The number of unbranched alkanes of at least 4 members (excludes halogenated alkanes) is 24. The smallest absolute Gasteiger partial charge is 0.472 e. The Bertz CT molecular complexity index is 875. The summed E-state index contributed by atoms with van der Waals surface area (Å²) in [6, 6.07) is -1.51. The molecule has 11 nitrogen and oxygen atoms in total. The molecular weight excluding hydrogens is 661 g/mol. The zero-order valence-corrected chi connectivity index (χ0v) is 32.7. The van der Waals surface area contributed by atoms with Gasteiger partial charge in [0.2, 0.25) is 0 Å². The van der Waals surface area contributed by atoms with Gasteiger partial charge in [0.25, 0.3) is 0 Å². The van der Waals surface area contributed by atoms with E-state index in [2.05, 4.69) is 18.4 Å². The molecule has 0 aromatic rings. The molecule has 0 aromatic heterocycles. The molecule has 0 aliphatic heterocycles. The summed E-state index contributed by atoms with van der Waals surface area (Å²) in [6.45, 7) is 2.78. The van der Waals surface area contributed by atoms with E-state index in [1.807, 2.05) is 0 Å². The molecule has 4 N–H and O–H groups in total. The van der Waals surface area contributed by atoms with Gasteiger partial charge in [-0.05, 0) is 12.8 Å². The number of esters is 2. The summed E-state index contributed by atoms with van der Waals surface area (Å²) in [5.41, 5.74) is 5.31. The summed E-state index contributed by atoms with van der Waals surface area (Å²) in [5.74, 6) is -2.37. The van der Waals surface area contributed by atoms with Gasteiger partial charge in [0.05, 0.1) is 13.2 Å². The number of hydrogen-bond donors (Lipinski definition) is 3. The first-order valence-corrected chi connectivity index (χ1v) is 21.6. The average molecular weight is 736 g/mol. The molecule has 1 unspecified atom stereocenters. The van der Waals surface area contributed by atoms with Crippen LogP contribution in [0.5, 0.6) is 0 Å². The van der Waals surface area contributed by atoms with E-state index >= 15 is 0 Å². The molecule has 0 aromatic carbocycles. The van der Waals surface area contributed by atoms with Crippen molar-refractivity contribution >= 4 is 25.7 Å². The largest absolute Gasteiger partial charge is 0.480 e. The monoisotopic (exact) mass is 736 g/mol. The van der Waals surface area contributed by atoms with E-state index in [-0.39, 0.29) is 19.4 Å². The Morgan fingerprint density at radius 3 is 1.26 bits per heavy atom. The minimum Gasteiger partial charge on any atom is -0.480 e. The highest BCUT2D eigenvalue weighted by Gasteiger charge is 2.28. The summed E-state index contributed by atoms with van der Waals surface area (Å²) in [5, 5.41) is 8.85. The first-order chi connectivity index (χ1) is 24.1. The van der Waals surface area contributed by atoms with Gasteiger partial charge in [-0.15, -0.1) is 0 Å². The third kappa shape index (κ3) is 33.6. The predicted octanol–water partition coefficient (Wildman–Crippen LogP) is 9.95. The fraction of sp³-hybridized carbons (Fsp3) is 0.921. The van der Waals surface area contributed by atoms with Crippen molar-refractivity contribution in [2.75, 3.05) is 19.8 Å². The molecule has 0 saturated carbocycles. The van der Waals surface area contributed by atoms with Crippen LogP contribution in [0.1, 0.15) is 194 Å². The number of phosphoric ester groups is 1. The summed E-state index contributed by atoms with van der Waals surface area (Å²) in [4.78, 5) is 45.7. The third-order valence-corrected chi connectivity index (χ3v) is 9.81. The van der Waals surface area contributed by atoms with Crippen LogP contribution in [0.4, 0.5) is 0 Å². The highest BCUT2D eigenvalue weighted by atomic mass is 31.2. The highest BCUT2D eigenvalue weighted by Crippen LogP contribution is 2.43. The van der Waals surface area contributed by atoms with Gasteiger partial charge in [0.1, 0.15) is 12.6 Å². The molecule has 0 spiro atoms. The number of carbonyl (C=O) groups excluding carboxylic acids is 2. The van der Waals surface area contributed by atoms with Gasteiger partial charge in [-0.1, -0.05) is 168 Å². The Kier molecular flexibility index (Phi) is 33.5. The van der Waals surface area contributed by atoms with Crippen LogP contribution >= 0.6 is 7.82 Å². The second-order valence-corrected chi connectivity index (χ2v) is 15.2. The average Bonchev–Trinajstić information content (AvgIpc) is 3.09. The number of nitrogens with two attached hydrogens (primary N) is 1. The Morgan fingerprint density at radius 1 is 0.540 bits per heavy atom. The first kappa shape index (κ1) is 48.5. The first-order valence-electron chi connectivity index (χ1n) is 20.1. The molecule has 0 radical (unpaired) electrons. The standard InChI is InChI=1S/C38H74NO10P/c1-3-5-7-9-11-13-14-15-16-17-18-19-20-22-23-25-27-29-36(40)46-31-34(32-47-50(44,45)48-33-35(39)38(42)43)49-37(41)30-28-26-24-21-12-10-8-6-4-2/h34-35H,3-33,39H2,1-2H3,(H,42,43)(H,44,45)/t34-,35+/m1/s1. The molecule has 0 aliphatic rings. The fourth-order valence-corrected chi connectivity index (χ4v) is 6.43. The Hall–Kier alpha value is -1.52. The number of ether oxygens (including phenoxy) is 2. The van der Waals surface area contributed by atoms with E-state index in [9.17, 15) is 23.8 Å². The lowest BCUT2D eigenvalue weighted by Gasteiger charge is -2.20. The van der Waals surface area contributed by atoms with Gasteiger partial charge in [-0.2, -0.15) is 0 Å². The van der Waals surface area contributed by atoms with E-state index in [0.717, 1.165) is 38.5 Å². The number of aliphatic carboxylic acids is 1. The van der Waals surface area contributed by atoms with E-state index < -0.39 is 51.1 Å². The molecule has 0 bridgehead atoms. The van der Waals surface area contributed by atoms with Gasteiger partial charge >= 0.3 is 25.7 Å². The van der Waals surface area contributed by atoms with Crippen molar-refractivity contribution in [3.8, 4) is 0 Å². The molecule has 0 aliphatic carbocycles. The van der Waals surface area contributed by atoms with Crippen molar-refractivity contribution in [3.63, 3.8) is 0 Å². The lowest BCUT2D eigenvalue weighted by Crippen LogP contribution is -2.34. The van der Waals surface area contributed by atoms with Crippen LogP contribution in [0.2, 0.25) is 0 Å². The van der Waals surface area contributed by atoms with Gasteiger partial charge in [-0.3, -0.25) is 23.4 Å². The van der Waals surface area contributed by atoms with Gasteiger partial charge in [-0.25, -0.2) is 4.57 Å². The second-order valence-electron chi connectivity index (χ2n) is 13.8. The lowest BCUT2D eigenvalue weighted by molar-refractivity contribution is -0.161. The molecule has 0 heterocycles. The number of carbonyl (C=O) groups is 3. The van der Waals surface area contributed by atoms with E-state index in [1.165, 1.54) is 116 Å². The topological polar surface area (TPSA) is 172 Å². The van der Waals surface area contributed by atoms with Gasteiger partial charge in [0, 0.05) is 12.8 Å². The van der Waals surface area contributed by atoms with Crippen LogP contribution in [0, 0.1) is 0 Å². The van der Waals surface area contributed by atoms with Crippen LogP contribution in [0.3, 0.4) is 0 Å². The Balaban J connectivity index is 4.29. The van der Waals surface area contributed by atoms with Gasteiger partial charge < -0.3 is 25.2 Å². The van der Waals surface area contributed by atoms with E-state index in [1.54, 1.807) is 0 Å². The fourth-order valence-electron chi connectivity index (χ4n) is 5.65. The van der Waals surface area contributed by atoms with E-state index in [4.69, 9.17) is 24.8 Å². The maximum atomic E-state index is 12.5. The van der Waals surface area contributed by atoms with Crippen LogP contribution in [-0.4, -0.2) is 59.9 Å². The maximum Gasteiger partial charge on any atom is 0.472 e. The van der Waals surface area contributed by atoms with Crippen LogP contribution in [-0.2, 0) is 37.5 Å². The summed E-state index contributed by atoms with van der Waals surface area (Å²) in [6.07, 6.45) is 30.4. The van der Waals surface area contributed by atoms with Crippen molar-refractivity contribution in [2.45, 2.75) is 206 Å². The van der Waals surface area contributed by atoms with Crippen molar-refractivity contribution in [3.05, 3.63) is 0 Å². The van der Waals surface area contributed by atoms with E-state index in [0.29, 0.717) is 12.8 Å². The molecule has 0 rings (SSSR count). The molecular formula is C38H74NO10P. The summed E-state index contributed by atoms with van der Waals surface area (Å²) in [7, 11) is -4.70. The molecule has 0 fully saturated rings. The quantitative estimate of drug-likeness (QED) is 0.0313. The zero-order valence-electron chi connectivity index (χ0n) is 31.8. The van der Waals surface area contributed by atoms with Crippen LogP contribution in [0.15, 0.2) is 0 Å². The van der Waals surface area contributed by atoms with Crippen molar-refractivity contribution in [1.82, 2.24) is 0 Å². The Morgan fingerprint density at radius 2 is 0.880 bits per heavy atom. The predicted molar refractivity (Wildman–Crippen MR) is 199 cm³/mol. The highest BCUT2D eigenvalue weighted by molar-refractivity contribution is 7.47. The summed E-state index contributed by atoms with van der Waals surface area (Å²) < 4.78 is 32.5. The second kappa shape index (κ2) is 34.6. The minimum absolute atomic E-state index is 0.167. The molecule has 0 saturated heterocycles. The number of carboxylic acid groups (broad SMARTS) is 1. The van der Waals surface area contributed by atoms with Crippen molar-refractivity contribution in [2.24, 2.45) is 5.73 Å². The molecule has 3 atom stereocenters. The molecule has 12 heteroatoms. The third-order valence-electron chi connectivity index (χ3n) is 8.86. The normalized spacial score (nSPS) is 13.8. The Labute approximate surface area is 304 Å². The SMILES string of the molecule is CCCCCCCCCCCCCCCCCCCC(=O)OC[C@H](COP(=O)(O)OC[C@H](N)C(=O)O)OC(=O)CCCCCCCCCCC. The van der Waals surface area contributed by atoms with Crippen LogP contribution in [0.25, 0.3) is 0 Å². The van der Waals surface area contributed by atoms with Gasteiger partial charge in [0.15, 0.2) is 6.10 Å². The molecule has 296 valence electrons. The van der Waals surface area contributed by atoms with Crippen molar-refractivity contribution < 1.29 is 47.5 Å². The lowest BCUT2D eigenvalue weighted by atomic mass is 10.0. The number of hydrogen-bond acceptors (Lipinski definition) is 9. The maximum absolute atomic E-state index is 12.5. The molecule has 50 heavy (non-hydrogen) atoms. The number of phosphoric acid groups is 1.